The Bertz CT molecular complexity index is 762. The van der Waals surface area contributed by atoms with Crippen LogP contribution in [0.5, 0.6) is 0 Å². The quantitative estimate of drug-likeness (QED) is 0.833. The normalized spacial score (nSPS) is 15.8. The van der Waals surface area contributed by atoms with Gasteiger partial charge in [0.05, 0.1) is 12.2 Å². The van der Waals surface area contributed by atoms with Gasteiger partial charge in [0, 0.05) is 42.8 Å². The molecule has 1 amide bonds. The molecule has 26 heavy (non-hydrogen) atoms. The molecule has 1 N–H and O–H groups in total. The lowest BCUT2D eigenvalue weighted by Gasteiger charge is -2.34. The summed E-state index contributed by atoms with van der Waals surface area (Å²) in [4.78, 5) is 16.6. The lowest BCUT2D eigenvalue weighted by molar-refractivity contribution is -0.117. The van der Waals surface area contributed by atoms with Crippen molar-refractivity contribution < 1.29 is 9.18 Å². The van der Waals surface area contributed by atoms with E-state index >= 15 is 0 Å². The van der Waals surface area contributed by atoms with Crippen molar-refractivity contribution in [1.29, 1.82) is 0 Å². The van der Waals surface area contributed by atoms with Gasteiger partial charge in [-0.2, -0.15) is 0 Å². The molecule has 0 saturated carbocycles. The predicted molar refractivity (Wildman–Crippen MR) is 103 cm³/mol. The van der Waals surface area contributed by atoms with Crippen molar-refractivity contribution in [2.45, 2.75) is 6.54 Å². The number of hydrogen-bond acceptors (Lipinski definition) is 3. The van der Waals surface area contributed by atoms with Gasteiger partial charge in [0.1, 0.15) is 5.82 Å². The average Bonchev–Trinajstić information content (AvgIpc) is 2.62. The van der Waals surface area contributed by atoms with Crippen molar-refractivity contribution in [3.8, 4) is 0 Å². The highest BCUT2D eigenvalue weighted by atomic mass is 35.5. The van der Waals surface area contributed by atoms with Crippen LogP contribution in [-0.4, -0.2) is 48.4 Å². The van der Waals surface area contributed by atoms with Crippen LogP contribution in [-0.2, 0) is 11.3 Å². The number of carbonyl (C=O) groups excluding carboxylic acids is 1. The minimum Gasteiger partial charge on any atom is -0.322 e. The summed E-state index contributed by atoms with van der Waals surface area (Å²) in [7, 11) is 0. The molecular formula is C19H20Cl2FN3O. The fourth-order valence-corrected chi connectivity index (χ4v) is 3.24. The molecule has 0 aromatic heterocycles. The Morgan fingerprint density at radius 2 is 1.58 bits per heavy atom. The molecule has 1 aliphatic rings. The Hall–Kier alpha value is -1.66. The van der Waals surface area contributed by atoms with Crippen molar-refractivity contribution in [3.63, 3.8) is 0 Å². The number of anilines is 1. The third-order valence-corrected chi connectivity index (χ3v) is 4.84. The van der Waals surface area contributed by atoms with Gasteiger partial charge in [-0.15, -0.1) is 0 Å². The molecule has 0 spiro atoms. The maximum absolute atomic E-state index is 13.7. The Labute approximate surface area is 162 Å². The molecule has 1 saturated heterocycles. The average molecular weight is 396 g/mol. The Morgan fingerprint density at radius 3 is 2.27 bits per heavy atom. The highest BCUT2D eigenvalue weighted by Gasteiger charge is 2.19. The van der Waals surface area contributed by atoms with Crippen molar-refractivity contribution >= 4 is 34.8 Å². The van der Waals surface area contributed by atoms with Crippen LogP contribution < -0.4 is 5.32 Å². The van der Waals surface area contributed by atoms with Crippen LogP contribution in [0.25, 0.3) is 0 Å². The van der Waals surface area contributed by atoms with Crippen LogP contribution in [0.1, 0.15) is 5.56 Å². The summed E-state index contributed by atoms with van der Waals surface area (Å²) in [5, 5.41) is 3.71. The molecule has 0 bridgehead atoms. The second-order valence-corrected chi connectivity index (χ2v) is 7.22. The molecule has 7 heteroatoms. The van der Waals surface area contributed by atoms with Crippen LogP contribution in [0.3, 0.4) is 0 Å². The number of carbonyl (C=O) groups is 1. The number of halogens is 3. The Balaban J connectivity index is 1.45. The number of nitrogens with one attached hydrogen (secondary N) is 1. The van der Waals surface area contributed by atoms with E-state index in [9.17, 15) is 9.18 Å². The predicted octanol–water partition coefficient (Wildman–Crippen LogP) is 3.89. The summed E-state index contributed by atoms with van der Waals surface area (Å²) >= 11 is 11.8. The molecule has 4 nitrogen and oxygen atoms in total. The number of rotatable bonds is 5. The molecule has 0 radical (unpaired) electrons. The van der Waals surface area contributed by atoms with Crippen molar-refractivity contribution in [3.05, 3.63) is 63.9 Å². The fraction of sp³-hybridized carbons (Fsp3) is 0.316. The smallest absolute Gasteiger partial charge is 0.238 e. The maximum atomic E-state index is 13.7. The lowest BCUT2D eigenvalue weighted by atomic mass is 10.2. The monoisotopic (exact) mass is 395 g/mol. The van der Waals surface area contributed by atoms with Crippen molar-refractivity contribution in [2.75, 3.05) is 38.0 Å². The van der Waals surface area contributed by atoms with Gasteiger partial charge in [0.15, 0.2) is 0 Å². The summed E-state index contributed by atoms with van der Waals surface area (Å²) in [5.41, 5.74) is 1.33. The second kappa shape index (κ2) is 8.82. The van der Waals surface area contributed by atoms with E-state index in [1.165, 1.54) is 23.8 Å². The van der Waals surface area contributed by atoms with Crippen LogP contribution in [0.4, 0.5) is 10.1 Å². The maximum Gasteiger partial charge on any atom is 0.238 e. The van der Waals surface area contributed by atoms with E-state index in [1.807, 2.05) is 24.3 Å². The molecular weight excluding hydrogens is 376 g/mol. The lowest BCUT2D eigenvalue weighted by Crippen LogP contribution is -2.48. The number of nitrogens with zero attached hydrogens (tertiary/aromatic N) is 2. The van der Waals surface area contributed by atoms with Gasteiger partial charge in [-0.05, 0) is 35.9 Å². The minimum atomic E-state index is -0.490. The fourth-order valence-electron chi connectivity index (χ4n) is 2.94. The van der Waals surface area contributed by atoms with Crippen molar-refractivity contribution in [1.82, 2.24) is 9.80 Å². The third-order valence-electron chi connectivity index (χ3n) is 4.35. The highest BCUT2D eigenvalue weighted by Crippen LogP contribution is 2.19. The molecule has 1 fully saturated rings. The van der Waals surface area contributed by atoms with Gasteiger partial charge in [-0.1, -0.05) is 35.3 Å². The summed E-state index contributed by atoms with van der Waals surface area (Å²) in [5.74, 6) is -0.729. The second-order valence-electron chi connectivity index (χ2n) is 6.35. The molecule has 2 aromatic carbocycles. The molecule has 1 heterocycles. The number of benzene rings is 2. The first-order chi connectivity index (χ1) is 12.5. The van der Waals surface area contributed by atoms with Gasteiger partial charge in [-0.25, -0.2) is 4.39 Å². The Morgan fingerprint density at radius 1 is 0.962 bits per heavy atom. The van der Waals surface area contributed by atoms with Gasteiger partial charge < -0.3 is 5.32 Å². The molecule has 0 atom stereocenters. The number of piperazine rings is 1. The van der Waals surface area contributed by atoms with Crippen molar-refractivity contribution in [2.24, 2.45) is 0 Å². The van der Waals surface area contributed by atoms with Gasteiger partial charge in [-0.3, -0.25) is 14.6 Å². The van der Waals surface area contributed by atoms with E-state index in [-0.39, 0.29) is 18.1 Å². The van der Waals surface area contributed by atoms with Gasteiger partial charge in [0.25, 0.3) is 0 Å². The first-order valence-electron chi connectivity index (χ1n) is 8.43. The number of hydrogen-bond donors (Lipinski definition) is 1. The van der Waals surface area contributed by atoms with E-state index in [2.05, 4.69) is 15.1 Å². The number of amides is 1. The van der Waals surface area contributed by atoms with Gasteiger partial charge in [0.2, 0.25) is 5.91 Å². The van der Waals surface area contributed by atoms with Crippen LogP contribution in [0, 0.1) is 5.82 Å². The topological polar surface area (TPSA) is 35.6 Å². The van der Waals surface area contributed by atoms with Crippen LogP contribution >= 0.6 is 23.2 Å². The highest BCUT2D eigenvalue weighted by molar-refractivity contribution is 6.31. The van der Waals surface area contributed by atoms with E-state index in [1.54, 1.807) is 0 Å². The molecule has 138 valence electrons. The van der Waals surface area contributed by atoms with E-state index in [0.29, 0.717) is 5.02 Å². The largest absolute Gasteiger partial charge is 0.322 e. The van der Waals surface area contributed by atoms with Gasteiger partial charge >= 0.3 is 0 Å². The standard InChI is InChI=1S/C19H20Cl2FN3O/c20-15-3-1-14(2-4-15)12-24-7-9-25(10-8-24)13-19(26)23-18-11-16(21)5-6-17(18)22/h1-6,11H,7-10,12-13H2,(H,23,26). The molecule has 1 aliphatic heterocycles. The SMILES string of the molecule is O=C(CN1CCN(Cc2ccc(Cl)cc2)CC1)Nc1cc(Cl)ccc1F. The zero-order chi connectivity index (χ0) is 18.5. The third kappa shape index (κ3) is 5.42. The summed E-state index contributed by atoms with van der Waals surface area (Å²) in [6.07, 6.45) is 0. The zero-order valence-electron chi connectivity index (χ0n) is 14.2. The zero-order valence-corrected chi connectivity index (χ0v) is 15.7. The summed E-state index contributed by atoms with van der Waals surface area (Å²) in [6.45, 7) is 4.44. The van der Waals surface area contributed by atoms with Crippen LogP contribution in [0.2, 0.25) is 10.0 Å². The van der Waals surface area contributed by atoms with E-state index in [4.69, 9.17) is 23.2 Å². The molecule has 0 unspecified atom stereocenters. The molecule has 0 aliphatic carbocycles. The molecule has 3 rings (SSSR count). The minimum absolute atomic E-state index is 0.115. The summed E-state index contributed by atoms with van der Waals surface area (Å²) < 4.78 is 13.7. The van der Waals surface area contributed by atoms with Crippen LogP contribution in [0.15, 0.2) is 42.5 Å². The Kier molecular flexibility index (Phi) is 6.48. The first kappa shape index (κ1) is 19.1. The van der Waals surface area contributed by atoms with E-state index < -0.39 is 5.82 Å². The molecule has 2 aromatic rings. The first-order valence-corrected chi connectivity index (χ1v) is 9.19. The summed E-state index contributed by atoms with van der Waals surface area (Å²) in [6, 6.07) is 12.0. The van der Waals surface area contributed by atoms with E-state index in [0.717, 1.165) is 37.7 Å².